The zero-order chi connectivity index (χ0) is 8.15. The summed E-state index contributed by atoms with van der Waals surface area (Å²) in [6.45, 7) is 6.14. The molecule has 0 aliphatic carbocycles. The molecule has 0 saturated carbocycles. The van der Waals surface area contributed by atoms with E-state index < -0.39 is 0 Å². The second kappa shape index (κ2) is 4.09. The maximum Gasteiger partial charge on any atom is 0.241 e. The number of amides is 1. The van der Waals surface area contributed by atoms with E-state index in [-0.39, 0.29) is 5.91 Å². The smallest absolute Gasteiger partial charge is 0.241 e. The largest absolute Gasteiger partial charge is 0.366 e. The van der Waals surface area contributed by atoms with E-state index in [9.17, 15) is 4.79 Å². The minimum absolute atomic E-state index is 0.349. The van der Waals surface area contributed by atoms with E-state index in [4.69, 9.17) is 5.73 Å². The lowest BCUT2D eigenvalue weighted by atomic mass is 10.0. The van der Waals surface area contributed by atoms with Crippen LogP contribution in [-0.2, 0) is 4.79 Å². The number of nitrogens with two attached hydrogens (primary N) is 1. The summed E-state index contributed by atoms with van der Waals surface area (Å²) in [6, 6.07) is 0. The summed E-state index contributed by atoms with van der Waals surface area (Å²) >= 11 is 0. The van der Waals surface area contributed by atoms with E-state index in [0.29, 0.717) is 5.92 Å². The molecule has 1 amide bonds. The summed E-state index contributed by atoms with van der Waals surface area (Å²) in [6.07, 6.45) is 2.43. The normalized spacial score (nSPS) is 12.2. The minimum atomic E-state index is -0.349. The highest BCUT2D eigenvalue weighted by molar-refractivity contribution is 5.86. The fourth-order valence-electron chi connectivity index (χ4n) is 0.946. The second-order valence-corrected chi connectivity index (χ2v) is 2.99. The van der Waals surface area contributed by atoms with Crippen LogP contribution < -0.4 is 5.73 Å². The molecule has 0 radical (unpaired) electrons. The van der Waals surface area contributed by atoms with Crippen LogP contribution in [0.4, 0.5) is 0 Å². The molecule has 0 unspecified atom stereocenters. The van der Waals surface area contributed by atoms with Gasteiger partial charge in [-0.25, -0.2) is 0 Å². The summed E-state index contributed by atoms with van der Waals surface area (Å²) in [5.41, 5.74) is 6.01. The quantitative estimate of drug-likeness (QED) is 0.594. The Balaban J connectivity index is 3.83. The van der Waals surface area contributed by atoms with Crippen molar-refractivity contribution in [1.29, 1.82) is 0 Å². The predicted molar refractivity (Wildman–Crippen MR) is 42.4 cm³/mol. The van der Waals surface area contributed by atoms with Crippen LogP contribution >= 0.6 is 0 Å². The molecule has 10 heavy (non-hydrogen) atoms. The first kappa shape index (κ1) is 9.21. The summed E-state index contributed by atoms with van der Waals surface area (Å²) in [5, 5.41) is 0. The van der Waals surface area contributed by atoms with Gasteiger partial charge in [-0.05, 0) is 19.3 Å². The van der Waals surface area contributed by atoms with E-state index in [1.165, 1.54) is 6.08 Å². The number of carbonyl (C=O) groups excluding carboxylic acids is 1. The Bertz CT molecular complexity index is 147. The Morgan fingerprint density at radius 3 is 2.40 bits per heavy atom. The maximum absolute atomic E-state index is 10.3. The van der Waals surface area contributed by atoms with Crippen LogP contribution in [0.1, 0.15) is 27.2 Å². The van der Waals surface area contributed by atoms with Crippen molar-refractivity contribution in [3.05, 3.63) is 11.6 Å². The number of allylic oxidation sites excluding steroid dienone is 1. The minimum Gasteiger partial charge on any atom is -0.366 e. The van der Waals surface area contributed by atoms with Crippen LogP contribution in [0.5, 0.6) is 0 Å². The second-order valence-electron chi connectivity index (χ2n) is 2.99. The van der Waals surface area contributed by atoms with E-state index in [1.54, 1.807) is 0 Å². The van der Waals surface area contributed by atoms with E-state index in [0.717, 1.165) is 12.0 Å². The van der Waals surface area contributed by atoms with Gasteiger partial charge in [0, 0.05) is 6.08 Å². The molecule has 0 fully saturated rings. The number of hydrogen-bond donors (Lipinski definition) is 1. The molecule has 0 bridgehead atoms. The van der Waals surface area contributed by atoms with Crippen molar-refractivity contribution < 1.29 is 4.79 Å². The van der Waals surface area contributed by atoms with Crippen LogP contribution in [0.15, 0.2) is 11.6 Å². The molecule has 0 aromatic rings. The van der Waals surface area contributed by atoms with Gasteiger partial charge in [0.25, 0.3) is 0 Å². The Morgan fingerprint density at radius 2 is 2.10 bits per heavy atom. The van der Waals surface area contributed by atoms with Gasteiger partial charge in [0.2, 0.25) is 5.91 Å². The van der Waals surface area contributed by atoms with E-state index in [1.807, 2.05) is 6.92 Å². The molecule has 2 N–H and O–H groups in total. The van der Waals surface area contributed by atoms with E-state index in [2.05, 4.69) is 13.8 Å². The topological polar surface area (TPSA) is 43.1 Å². The predicted octanol–water partition coefficient (Wildman–Crippen LogP) is 1.46. The average molecular weight is 141 g/mol. The molecule has 2 nitrogen and oxygen atoms in total. The van der Waals surface area contributed by atoms with Crippen molar-refractivity contribution in [2.24, 2.45) is 11.7 Å². The molecule has 0 rings (SSSR count). The highest BCUT2D eigenvalue weighted by atomic mass is 16.1. The Hall–Kier alpha value is -0.790. The standard InChI is InChI=1S/C8H15NO/c1-6(2)4-7(3)5-8(9)10/h5-6H,4H2,1-3H3,(H2,9,10). The zero-order valence-corrected chi connectivity index (χ0v) is 6.85. The van der Waals surface area contributed by atoms with Gasteiger partial charge in [-0.15, -0.1) is 0 Å². The summed E-state index contributed by atoms with van der Waals surface area (Å²) in [5.74, 6) is 0.244. The van der Waals surface area contributed by atoms with Gasteiger partial charge >= 0.3 is 0 Å². The molecule has 0 aliphatic heterocycles. The number of primary amides is 1. The molecule has 58 valence electrons. The van der Waals surface area contributed by atoms with Crippen molar-refractivity contribution in [2.45, 2.75) is 27.2 Å². The van der Waals surface area contributed by atoms with Crippen molar-refractivity contribution in [3.63, 3.8) is 0 Å². The van der Waals surface area contributed by atoms with Crippen molar-refractivity contribution >= 4 is 5.91 Å². The molecule has 0 heterocycles. The number of carbonyl (C=O) groups is 1. The Labute approximate surface area is 62.1 Å². The highest BCUT2D eigenvalue weighted by Gasteiger charge is 1.96. The van der Waals surface area contributed by atoms with Crippen LogP contribution in [0.2, 0.25) is 0 Å². The van der Waals surface area contributed by atoms with Gasteiger partial charge in [-0.2, -0.15) is 0 Å². The monoisotopic (exact) mass is 141 g/mol. The molecular weight excluding hydrogens is 126 g/mol. The molecule has 2 heteroatoms. The van der Waals surface area contributed by atoms with Crippen LogP contribution in [0.25, 0.3) is 0 Å². The third-order valence-electron chi connectivity index (χ3n) is 1.12. The lowest BCUT2D eigenvalue weighted by Gasteiger charge is -2.02. The summed E-state index contributed by atoms with van der Waals surface area (Å²) in [4.78, 5) is 10.3. The van der Waals surface area contributed by atoms with Gasteiger partial charge in [-0.3, -0.25) is 4.79 Å². The molecular formula is C8H15NO. The first-order chi connectivity index (χ1) is 4.52. The van der Waals surface area contributed by atoms with Crippen molar-refractivity contribution in [1.82, 2.24) is 0 Å². The summed E-state index contributed by atoms with van der Waals surface area (Å²) in [7, 11) is 0. The van der Waals surface area contributed by atoms with Gasteiger partial charge in [-0.1, -0.05) is 19.4 Å². The zero-order valence-electron chi connectivity index (χ0n) is 6.85. The van der Waals surface area contributed by atoms with Gasteiger partial charge in [0.1, 0.15) is 0 Å². The third-order valence-corrected chi connectivity index (χ3v) is 1.12. The fraction of sp³-hybridized carbons (Fsp3) is 0.625. The fourth-order valence-corrected chi connectivity index (χ4v) is 0.946. The van der Waals surface area contributed by atoms with Crippen LogP contribution in [0, 0.1) is 5.92 Å². The number of rotatable bonds is 3. The lowest BCUT2D eigenvalue weighted by Crippen LogP contribution is -2.07. The van der Waals surface area contributed by atoms with Crippen LogP contribution in [0.3, 0.4) is 0 Å². The average Bonchev–Trinajstić information content (AvgIpc) is 1.58. The van der Waals surface area contributed by atoms with Crippen molar-refractivity contribution in [2.75, 3.05) is 0 Å². The van der Waals surface area contributed by atoms with Crippen LogP contribution in [-0.4, -0.2) is 5.91 Å². The van der Waals surface area contributed by atoms with Gasteiger partial charge in [0.15, 0.2) is 0 Å². The highest BCUT2D eigenvalue weighted by Crippen LogP contribution is 2.08. The third kappa shape index (κ3) is 5.35. The maximum atomic E-state index is 10.3. The SMILES string of the molecule is CC(=CC(N)=O)CC(C)C. The number of hydrogen-bond acceptors (Lipinski definition) is 1. The first-order valence-corrected chi connectivity index (χ1v) is 3.49. The molecule has 0 aromatic carbocycles. The molecule has 0 atom stereocenters. The summed E-state index contributed by atoms with van der Waals surface area (Å²) < 4.78 is 0. The lowest BCUT2D eigenvalue weighted by molar-refractivity contribution is -0.113. The molecule has 0 spiro atoms. The Kier molecular flexibility index (Phi) is 3.77. The molecule has 0 aliphatic rings. The van der Waals surface area contributed by atoms with E-state index >= 15 is 0 Å². The van der Waals surface area contributed by atoms with Crippen molar-refractivity contribution in [3.8, 4) is 0 Å². The molecule has 0 aromatic heterocycles. The van der Waals surface area contributed by atoms with Gasteiger partial charge < -0.3 is 5.73 Å². The first-order valence-electron chi connectivity index (χ1n) is 3.49. The Morgan fingerprint density at radius 1 is 1.60 bits per heavy atom. The molecule has 0 saturated heterocycles. The van der Waals surface area contributed by atoms with Gasteiger partial charge in [0.05, 0.1) is 0 Å².